The molecule has 2 heterocycles. The van der Waals surface area contributed by atoms with Crippen LogP contribution in [0.25, 0.3) is 5.69 Å². The number of benzene rings is 1. The summed E-state index contributed by atoms with van der Waals surface area (Å²) in [6.45, 7) is 2.22. The lowest BCUT2D eigenvalue weighted by Crippen LogP contribution is -2.29. The summed E-state index contributed by atoms with van der Waals surface area (Å²) in [5.41, 5.74) is 1.36. The van der Waals surface area contributed by atoms with Crippen molar-refractivity contribution in [2.24, 2.45) is 5.41 Å². The minimum absolute atomic E-state index is 0.437. The third kappa shape index (κ3) is 2.26. The van der Waals surface area contributed by atoms with Gasteiger partial charge < -0.3 is 5.32 Å². The summed E-state index contributed by atoms with van der Waals surface area (Å²) in [5.74, 6) is 1.56. The first-order chi connectivity index (χ1) is 10.2. The second-order valence-corrected chi connectivity index (χ2v) is 6.81. The maximum atomic E-state index is 6.12. The predicted molar refractivity (Wildman–Crippen MR) is 83.3 cm³/mol. The zero-order valence-electron chi connectivity index (χ0n) is 11.5. The molecule has 110 valence electrons. The van der Waals surface area contributed by atoms with E-state index in [2.05, 4.69) is 15.4 Å². The van der Waals surface area contributed by atoms with E-state index in [1.54, 1.807) is 12.4 Å². The second-order valence-electron chi connectivity index (χ2n) is 6.00. The molecule has 1 saturated heterocycles. The number of hydrogen-bond donors (Lipinski definition) is 1. The van der Waals surface area contributed by atoms with Crippen LogP contribution in [0.4, 0.5) is 0 Å². The predicted octanol–water partition coefficient (Wildman–Crippen LogP) is 3.43. The van der Waals surface area contributed by atoms with Gasteiger partial charge in [0, 0.05) is 5.92 Å². The van der Waals surface area contributed by atoms with Gasteiger partial charge in [-0.15, -0.1) is 0 Å². The van der Waals surface area contributed by atoms with Gasteiger partial charge in [-0.2, -0.15) is 5.10 Å². The molecule has 0 radical (unpaired) electrons. The molecule has 1 atom stereocenters. The van der Waals surface area contributed by atoms with Crippen molar-refractivity contribution in [1.82, 2.24) is 20.1 Å². The molecule has 1 unspecified atom stereocenters. The molecule has 1 aromatic carbocycles. The number of piperidine rings is 1. The molecule has 1 saturated carbocycles. The van der Waals surface area contributed by atoms with Crippen LogP contribution in [0.5, 0.6) is 0 Å². The van der Waals surface area contributed by atoms with Gasteiger partial charge >= 0.3 is 0 Å². The fourth-order valence-electron chi connectivity index (χ4n) is 3.49. The fourth-order valence-corrected chi connectivity index (χ4v) is 3.79. The number of nitrogens with one attached hydrogen (secondary N) is 1. The molecule has 0 amide bonds. The molecular formula is C15H16Cl2N4. The van der Waals surface area contributed by atoms with Crippen molar-refractivity contribution in [3.8, 4) is 5.69 Å². The molecule has 1 aliphatic carbocycles. The normalized spacial score (nSPS) is 23.4. The summed E-state index contributed by atoms with van der Waals surface area (Å²) in [4.78, 5) is 4.51. The lowest BCUT2D eigenvalue weighted by atomic mass is 9.92. The number of rotatable bonds is 2. The van der Waals surface area contributed by atoms with E-state index < -0.39 is 0 Å². The van der Waals surface area contributed by atoms with Crippen LogP contribution in [0, 0.1) is 5.41 Å². The van der Waals surface area contributed by atoms with E-state index in [0.29, 0.717) is 21.4 Å². The maximum absolute atomic E-state index is 6.12. The van der Waals surface area contributed by atoms with Crippen LogP contribution in [0.3, 0.4) is 0 Å². The minimum Gasteiger partial charge on any atom is -0.317 e. The van der Waals surface area contributed by atoms with Crippen LogP contribution in [0.15, 0.2) is 24.5 Å². The quantitative estimate of drug-likeness (QED) is 0.921. The molecule has 1 aliphatic heterocycles. The molecule has 1 N–H and O–H groups in total. The molecule has 2 fully saturated rings. The topological polar surface area (TPSA) is 42.7 Å². The van der Waals surface area contributed by atoms with E-state index in [9.17, 15) is 0 Å². The minimum atomic E-state index is 0.437. The Balaban J connectivity index is 1.67. The van der Waals surface area contributed by atoms with Crippen LogP contribution in [0.2, 0.25) is 10.0 Å². The first kappa shape index (κ1) is 13.6. The number of nitrogens with zero attached hydrogens (tertiary/aromatic N) is 3. The Bertz CT molecular complexity index is 676. The van der Waals surface area contributed by atoms with Gasteiger partial charge in [0.1, 0.15) is 12.2 Å². The molecule has 4 nitrogen and oxygen atoms in total. The number of halogens is 2. The van der Waals surface area contributed by atoms with Gasteiger partial charge in [0.05, 0.1) is 15.7 Å². The largest absolute Gasteiger partial charge is 0.317 e. The van der Waals surface area contributed by atoms with Crippen LogP contribution < -0.4 is 5.32 Å². The Morgan fingerprint density at radius 3 is 2.76 bits per heavy atom. The first-order valence-electron chi connectivity index (χ1n) is 7.26. The van der Waals surface area contributed by atoms with Crippen LogP contribution in [0.1, 0.15) is 31.0 Å². The SMILES string of the molecule is Clc1ccc(-n2ncnc2C2CC23CCNCC3)cc1Cl. The average Bonchev–Trinajstić information content (AvgIpc) is 2.97. The second kappa shape index (κ2) is 4.97. The van der Waals surface area contributed by atoms with Gasteiger partial charge in [0.25, 0.3) is 0 Å². The van der Waals surface area contributed by atoms with E-state index in [4.69, 9.17) is 23.2 Å². The highest BCUT2D eigenvalue weighted by atomic mass is 35.5. The molecule has 1 aromatic heterocycles. The first-order valence-corrected chi connectivity index (χ1v) is 8.01. The molecule has 0 bridgehead atoms. The summed E-state index contributed by atoms with van der Waals surface area (Å²) in [6, 6.07) is 5.58. The Hall–Kier alpha value is -1.10. The highest BCUT2D eigenvalue weighted by molar-refractivity contribution is 6.42. The third-order valence-corrected chi connectivity index (χ3v) is 5.56. The molecule has 6 heteroatoms. The highest BCUT2D eigenvalue weighted by Gasteiger charge is 2.56. The summed E-state index contributed by atoms with van der Waals surface area (Å²) < 4.78 is 1.91. The Labute approximate surface area is 133 Å². The van der Waals surface area contributed by atoms with Gasteiger partial charge in [-0.05, 0) is 56.0 Å². The standard InChI is InChI=1S/C15H16Cl2N4/c16-12-2-1-10(7-13(12)17)21-14(19-9-20-21)11-8-15(11)3-5-18-6-4-15/h1-2,7,9,11,18H,3-6,8H2. The van der Waals surface area contributed by atoms with E-state index in [-0.39, 0.29) is 0 Å². The average molecular weight is 323 g/mol. The van der Waals surface area contributed by atoms with Crippen molar-refractivity contribution in [3.05, 3.63) is 40.4 Å². The van der Waals surface area contributed by atoms with Crippen molar-refractivity contribution in [2.45, 2.75) is 25.2 Å². The molecule has 2 aliphatic rings. The highest BCUT2D eigenvalue weighted by Crippen LogP contribution is 2.63. The van der Waals surface area contributed by atoms with Gasteiger partial charge in [0.2, 0.25) is 0 Å². The maximum Gasteiger partial charge on any atom is 0.138 e. The van der Waals surface area contributed by atoms with Crippen molar-refractivity contribution in [1.29, 1.82) is 0 Å². The summed E-state index contributed by atoms with van der Waals surface area (Å²) >= 11 is 12.1. The molecule has 4 rings (SSSR count). The molecule has 2 aromatic rings. The van der Waals surface area contributed by atoms with Crippen LogP contribution in [-0.2, 0) is 0 Å². The number of aromatic nitrogens is 3. The van der Waals surface area contributed by atoms with Gasteiger partial charge in [-0.3, -0.25) is 0 Å². The van der Waals surface area contributed by atoms with Crippen molar-refractivity contribution >= 4 is 23.2 Å². The van der Waals surface area contributed by atoms with E-state index in [0.717, 1.165) is 24.6 Å². The smallest absolute Gasteiger partial charge is 0.138 e. The van der Waals surface area contributed by atoms with Crippen LogP contribution in [-0.4, -0.2) is 27.9 Å². The van der Waals surface area contributed by atoms with Crippen LogP contribution >= 0.6 is 23.2 Å². The van der Waals surface area contributed by atoms with Gasteiger partial charge in [0.15, 0.2) is 0 Å². The zero-order chi connectivity index (χ0) is 14.4. The van der Waals surface area contributed by atoms with Crippen molar-refractivity contribution in [2.75, 3.05) is 13.1 Å². The lowest BCUT2D eigenvalue weighted by Gasteiger charge is -2.23. The fraction of sp³-hybridized carbons (Fsp3) is 0.467. The van der Waals surface area contributed by atoms with Crippen molar-refractivity contribution < 1.29 is 0 Å². The molecule has 1 spiro atoms. The summed E-state index contributed by atoms with van der Waals surface area (Å²) in [5, 5.41) is 8.92. The monoisotopic (exact) mass is 322 g/mol. The van der Waals surface area contributed by atoms with E-state index in [1.807, 2.05) is 16.8 Å². The van der Waals surface area contributed by atoms with Gasteiger partial charge in [-0.1, -0.05) is 23.2 Å². The van der Waals surface area contributed by atoms with E-state index in [1.165, 1.54) is 19.3 Å². The lowest BCUT2D eigenvalue weighted by molar-refractivity contribution is 0.339. The summed E-state index contributed by atoms with van der Waals surface area (Å²) in [7, 11) is 0. The van der Waals surface area contributed by atoms with Gasteiger partial charge in [-0.25, -0.2) is 9.67 Å². The zero-order valence-corrected chi connectivity index (χ0v) is 13.0. The van der Waals surface area contributed by atoms with Crippen molar-refractivity contribution in [3.63, 3.8) is 0 Å². The third-order valence-electron chi connectivity index (χ3n) is 4.82. The Kier molecular flexibility index (Phi) is 3.21. The molecule has 21 heavy (non-hydrogen) atoms. The molecular weight excluding hydrogens is 307 g/mol. The van der Waals surface area contributed by atoms with E-state index >= 15 is 0 Å². The Morgan fingerprint density at radius 2 is 2.00 bits per heavy atom. The summed E-state index contributed by atoms with van der Waals surface area (Å²) in [6.07, 6.45) is 5.30. The number of hydrogen-bond acceptors (Lipinski definition) is 3. The Morgan fingerprint density at radius 1 is 1.19 bits per heavy atom.